The van der Waals surface area contributed by atoms with Gasteiger partial charge < -0.3 is 5.32 Å². The first-order chi connectivity index (χ1) is 12.5. The van der Waals surface area contributed by atoms with Gasteiger partial charge in [-0.3, -0.25) is 9.59 Å². The maximum Gasteiger partial charge on any atom is 0.265 e. The van der Waals surface area contributed by atoms with Crippen LogP contribution in [0, 0.1) is 0 Å². The second kappa shape index (κ2) is 8.73. The summed E-state index contributed by atoms with van der Waals surface area (Å²) in [6.07, 6.45) is 0. The zero-order chi connectivity index (χ0) is 18.5. The van der Waals surface area contributed by atoms with Crippen molar-refractivity contribution in [3.05, 3.63) is 80.5 Å². The number of anilines is 1. The van der Waals surface area contributed by atoms with Crippen LogP contribution in [0.3, 0.4) is 0 Å². The van der Waals surface area contributed by atoms with E-state index in [1.807, 2.05) is 35.7 Å². The van der Waals surface area contributed by atoms with Crippen molar-refractivity contribution in [3.8, 4) is 0 Å². The van der Waals surface area contributed by atoms with Crippen molar-refractivity contribution in [2.45, 2.75) is 4.90 Å². The van der Waals surface area contributed by atoms with E-state index in [2.05, 4.69) is 5.32 Å². The highest BCUT2D eigenvalue weighted by molar-refractivity contribution is 8.00. The third-order valence-electron chi connectivity index (χ3n) is 3.47. The maximum atomic E-state index is 12.2. The first-order valence-corrected chi connectivity index (χ1v) is 10.2. The summed E-state index contributed by atoms with van der Waals surface area (Å²) in [5, 5.41) is 5.50. The molecule has 3 nitrogen and oxygen atoms in total. The highest BCUT2D eigenvalue weighted by Crippen LogP contribution is 2.25. The smallest absolute Gasteiger partial charge is 0.265 e. The number of hydrogen-bond donors (Lipinski definition) is 1. The fourth-order valence-corrected chi connectivity index (χ4v) is 3.85. The number of thiophene rings is 1. The van der Waals surface area contributed by atoms with Crippen molar-refractivity contribution in [3.63, 3.8) is 0 Å². The largest absolute Gasteiger partial charge is 0.321 e. The van der Waals surface area contributed by atoms with Gasteiger partial charge in [0.15, 0.2) is 5.78 Å². The molecule has 1 heterocycles. The van der Waals surface area contributed by atoms with Crippen LogP contribution in [0.15, 0.2) is 64.9 Å². The number of amides is 1. The number of halogens is 2. The van der Waals surface area contributed by atoms with E-state index < -0.39 is 0 Å². The van der Waals surface area contributed by atoms with Crippen LogP contribution < -0.4 is 5.32 Å². The first-order valence-electron chi connectivity index (χ1n) is 7.59. The number of carbonyl (C=O) groups excluding carboxylic acids is 2. The standard InChI is InChI=1S/C19H13Cl2NO2S2/c20-15-8-3-12(10-16(15)21)17(23)11-26-14-6-4-13(5-7-14)22-19(24)18-2-1-9-25-18/h1-10H,11H2,(H,22,24). The van der Waals surface area contributed by atoms with Crippen LogP contribution in [0.5, 0.6) is 0 Å². The van der Waals surface area contributed by atoms with Gasteiger partial charge in [0.25, 0.3) is 5.91 Å². The molecule has 26 heavy (non-hydrogen) atoms. The molecule has 0 aliphatic heterocycles. The molecule has 0 saturated carbocycles. The monoisotopic (exact) mass is 421 g/mol. The topological polar surface area (TPSA) is 46.2 Å². The fourth-order valence-electron chi connectivity index (χ4n) is 2.14. The molecule has 1 N–H and O–H groups in total. The molecule has 132 valence electrons. The van der Waals surface area contributed by atoms with Gasteiger partial charge in [-0.05, 0) is 53.9 Å². The van der Waals surface area contributed by atoms with E-state index in [4.69, 9.17) is 23.2 Å². The van der Waals surface area contributed by atoms with E-state index >= 15 is 0 Å². The Morgan fingerprint density at radius 3 is 2.42 bits per heavy atom. The molecule has 0 unspecified atom stereocenters. The molecule has 0 spiro atoms. The van der Waals surface area contributed by atoms with E-state index in [0.717, 1.165) is 4.90 Å². The summed E-state index contributed by atoms with van der Waals surface area (Å²) >= 11 is 14.6. The summed E-state index contributed by atoms with van der Waals surface area (Å²) in [4.78, 5) is 25.9. The van der Waals surface area contributed by atoms with Crippen LogP contribution in [0.25, 0.3) is 0 Å². The van der Waals surface area contributed by atoms with E-state index in [0.29, 0.717) is 31.9 Å². The lowest BCUT2D eigenvalue weighted by Gasteiger charge is -2.06. The van der Waals surface area contributed by atoms with Crippen molar-refractivity contribution in [2.24, 2.45) is 0 Å². The minimum absolute atomic E-state index is 0.0244. The molecule has 0 aliphatic carbocycles. The predicted octanol–water partition coefficient (Wildman–Crippen LogP) is 6.28. The summed E-state index contributed by atoms with van der Waals surface area (Å²) in [7, 11) is 0. The van der Waals surface area contributed by atoms with Crippen molar-refractivity contribution in [1.29, 1.82) is 0 Å². The highest BCUT2D eigenvalue weighted by Gasteiger charge is 2.10. The van der Waals surface area contributed by atoms with Crippen LogP contribution in [0.4, 0.5) is 5.69 Å². The first kappa shape index (κ1) is 19.0. The number of ketones is 1. The van der Waals surface area contributed by atoms with E-state index in [1.165, 1.54) is 23.1 Å². The van der Waals surface area contributed by atoms with Crippen molar-refractivity contribution in [2.75, 3.05) is 11.1 Å². The van der Waals surface area contributed by atoms with Gasteiger partial charge in [-0.15, -0.1) is 23.1 Å². The van der Waals surface area contributed by atoms with Crippen LogP contribution in [0.1, 0.15) is 20.0 Å². The van der Waals surface area contributed by atoms with Gasteiger partial charge in [0, 0.05) is 16.1 Å². The molecule has 0 atom stereocenters. The summed E-state index contributed by atoms with van der Waals surface area (Å²) in [6, 6.07) is 15.9. The van der Waals surface area contributed by atoms with E-state index in [1.54, 1.807) is 24.3 Å². The third-order valence-corrected chi connectivity index (χ3v) is 6.09. The Bertz CT molecular complexity index is 925. The lowest BCUT2D eigenvalue weighted by atomic mass is 10.1. The highest BCUT2D eigenvalue weighted by atomic mass is 35.5. The Morgan fingerprint density at radius 1 is 1.00 bits per heavy atom. The maximum absolute atomic E-state index is 12.2. The van der Waals surface area contributed by atoms with Crippen molar-refractivity contribution < 1.29 is 9.59 Å². The molecule has 1 aromatic heterocycles. The normalized spacial score (nSPS) is 10.5. The number of carbonyl (C=O) groups is 2. The summed E-state index contributed by atoms with van der Waals surface area (Å²) < 4.78 is 0. The number of thioether (sulfide) groups is 1. The Hall–Kier alpha value is -1.79. The molecule has 0 aliphatic rings. The number of nitrogens with one attached hydrogen (secondary N) is 1. The zero-order valence-electron chi connectivity index (χ0n) is 13.4. The number of benzene rings is 2. The Labute approximate surface area is 169 Å². The molecular weight excluding hydrogens is 409 g/mol. The average Bonchev–Trinajstić information content (AvgIpc) is 3.18. The second-order valence-corrected chi connectivity index (χ2v) is 8.11. The molecule has 0 bridgehead atoms. The lowest BCUT2D eigenvalue weighted by Crippen LogP contribution is -2.09. The third kappa shape index (κ3) is 4.89. The van der Waals surface area contributed by atoms with Crippen LogP contribution in [-0.2, 0) is 0 Å². The van der Waals surface area contributed by atoms with Gasteiger partial charge in [0.2, 0.25) is 0 Å². The average molecular weight is 422 g/mol. The minimum Gasteiger partial charge on any atom is -0.321 e. The molecule has 7 heteroatoms. The zero-order valence-corrected chi connectivity index (χ0v) is 16.5. The van der Waals surface area contributed by atoms with Gasteiger partial charge in [0.05, 0.1) is 20.7 Å². The minimum atomic E-state index is -0.129. The van der Waals surface area contributed by atoms with E-state index in [9.17, 15) is 9.59 Å². The van der Waals surface area contributed by atoms with Crippen LogP contribution in [0.2, 0.25) is 10.0 Å². The molecule has 2 aromatic carbocycles. The Balaban J connectivity index is 1.56. The van der Waals surface area contributed by atoms with Gasteiger partial charge >= 0.3 is 0 Å². The van der Waals surface area contributed by atoms with Crippen LogP contribution in [-0.4, -0.2) is 17.4 Å². The summed E-state index contributed by atoms with van der Waals surface area (Å²) in [6.45, 7) is 0. The Kier molecular flexibility index (Phi) is 6.38. The van der Waals surface area contributed by atoms with E-state index in [-0.39, 0.29) is 11.7 Å². The quantitative estimate of drug-likeness (QED) is 0.376. The number of rotatable bonds is 6. The van der Waals surface area contributed by atoms with Gasteiger partial charge in [-0.1, -0.05) is 29.3 Å². The fraction of sp³-hybridized carbons (Fsp3) is 0.0526. The molecule has 3 rings (SSSR count). The summed E-state index contributed by atoms with van der Waals surface area (Å²) in [5.74, 6) is 0.137. The molecule has 3 aromatic rings. The predicted molar refractivity (Wildman–Crippen MR) is 110 cm³/mol. The number of hydrogen-bond acceptors (Lipinski definition) is 4. The van der Waals surface area contributed by atoms with Crippen LogP contribution >= 0.6 is 46.3 Å². The molecule has 1 amide bonds. The summed E-state index contributed by atoms with van der Waals surface area (Å²) in [5.41, 5.74) is 1.25. The molecule has 0 saturated heterocycles. The van der Waals surface area contributed by atoms with Gasteiger partial charge in [-0.2, -0.15) is 0 Å². The molecular formula is C19H13Cl2NO2S2. The van der Waals surface area contributed by atoms with Gasteiger partial charge in [-0.25, -0.2) is 0 Å². The molecule has 0 fully saturated rings. The molecule has 0 radical (unpaired) electrons. The van der Waals surface area contributed by atoms with Crippen molar-refractivity contribution in [1.82, 2.24) is 0 Å². The van der Waals surface area contributed by atoms with Gasteiger partial charge in [0.1, 0.15) is 0 Å². The lowest BCUT2D eigenvalue weighted by molar-refractivity contribution is 0.101. The SMILES string of the molecule is O=C(CSc1ccc(NC(=O)c2cccs2)cc1)c1ccc(Cl)c(Cl)c1. The second-order valence-electron chi connectivity index (χ2n) is 5.30. The number of Topliss-reactive ketones (excluding diaryl/α,β-unsaturated/α-hetero) is 1. The van der Waals surface area contributed by atoms with Crippen molar-refractivity contribution >= 4 is 63.7 Å². The Morgan fingerprint density at radius 2 is 1.77 bits per heavy atom.